The predicted molar refractivity (Wildman–Crippen MR) is 63.4 cm³/mol. The molecule has 0 amide bonds. The number of hydrogen-bond donors (Lipinski definition) is 0. The molecular formula is C13H16ClFO. The fraction of sp³-hybridized carbons (Fsp3) is 0.538. The lowest BCUT2D eigenvalue weighted by Gasteiger charge is -2.14. The molecule has 0 N–H and O–H groups in total. The normalized spacial score (nSPS) is 16.6. The Kier molecular flexibility index (Phi) is 4.05. The minimum atomic E-state index is -0.309. The summed E-state index contributed by atoms with van der Waals surface area (Å²) in [6, 6.07) is 4.88. The number of hydrogen-bond acceptors (Lipinski definition) is 1. The molecule has 1 aromatic rings. The highest BCUT2D eigenvalue weighted by Gasteiger charge is 2.17. The zero-order valence-corrected chi connectivity index (χ0v) is 9.97. The maximum absolute atomic E-state index is 13.5. The molecule has 1 aliphatic carbocycles. The predicted octanol–water partition coefficient (Wildman–Crippen LogP) is 4.13. The molecule has 0 heterocycles. The molecule has 0 aliphatic heterocycles. The summed E-state index contributed by atoms with van der Waals surface area (Å²) in [6.45, 7) is 0.616. The first kappa shape index (κ1) is 11.7. The summed E-state index contributed by atoms with van der Waals surface area (Å²) < 4.78 is 19.1. The molecule has 0 spiro atoms. The van der Waals surface area contributed by atoms with E-state index in [1.54, 1.807) is 12.1 Å². The second-order valence-corrected chi connectivity index (χ2v) is 4.59. The number of alkyl halides is 1. The quantitative estimate of drug-likeness (QED) is 0.722. The van der Waals surface area contributed by atoms with Crippen LogP contribution in [0.2, 0.25) is 0 Å². The van der Waals surface area contributed by atoms with Crippen molar-refractivity contribution in [2.45, 2.75) is 31.6 Å². The van der Waals surface area contributed by atoms with Crippen LogP contribution in [0.25, 0.3) is 0 Å². The van der Waals surface area contributed by atoms with Gasteiger partial charge >= 0.3 is 0 Å². The molecule has 0 radical (unpaired) electrons. The van der Waals surface area contributed by atoms with Gasteiger partial charge in [-0.3, -0.25) is 0 Å². The van der Waals surface area contributed by atoms with E-state index >= 15 is 0 Å². The van der Waals surface area contributed by atoms with Gasteiger partial charge in [-0.25, -0.2) is 4.39 Å². The number of ether oxygens (including phenoxy) is 1. The zero-order chi connectivity index (χ0) is 11.4. The molecular weight excluding hydrogens is 227 g/mol. The number of benzene rings is 1. The molecule has 0 aromatic heterocycles. The minimum Gasteiger partial charge on any atom is -0.490 e. The summed E-state index contributed by atoms with van der Waals surface area (Å²) in [5.74, 6) is 0.904. The molecule has 1 saturated carbocycles. The maximum atomic E-state index is 13.5. The van der Waals surface area contributed by atoms with E-state index in [9.17, 15) is 4.39 Å². The van der Waals surface area contributed by atoms with Crippen LogP contribution < -0.4 is 4.74 Å². The van der Waals surface area contributed by atoms with E-state index in [-0.39, 0.29) is 11.7 Å². The highest BCUT2D eigenvalue weighted by molar-refractivity contribution is 6.17. The van der Waals surface area contributed by atoms with Crippen LogP contribution in [0, 0.1) is 11.7 Å². The zero-order valence-electron chi connectivity index (χ0n) is 9.22. The lowest BCUT2D eigenvalue weighted by atomic mass is 10.1. The average molecular weight is 243 g/mol. The van der Waals surface area contributed by atoms with Crippen molar-refractivity contribution in [1.29, 1.82) is 0 Å². The molecule has 16 heavy (non-hydrogen) atoms. The molecule has 1 nitrogen and oxygen atoms in total. The minimum absolute atomic E-state index is 0.289. The Morgan fingerprint density at radius 3 is 2.75 bits per heavy atom. The van der Waals surface area contributed by atoms with Gasteiger partial charge in [0.25, 0.3) is 0 Å². The first-order valence-corrected chi connectivity index (χ1v) is 6.31. The number of rotatable bonds is 4. The SMILES string of the molecule is Fc1cccc(CCl)c1OCC1CCCC1. The lowest BCUT2D eigenvalue weighted by Crippen LogP contribution is -2.10. The summed E-state index contributed by atoms with van der Waals surface area (Å²) >= 11 is 5.75. The van der Waals surface area contributed by atoms with E-state index in [4.69, 9.17) is 16.3 Å². The van der Waals surface area contributed by atoms with Crippen LogP contribution >= 0.6 is 11.6 Å². The van der Waals surface area contributed by atoms with Crippen LogP contribution in [0.15, 0.2) is 18.2 Å². The van der Waals surface area contributed by atoms with Gasteiger partial charge in [0.15, 0.2) is 11.6 Å². The van der Waals surface area contributed by atoms with Crippen molar-refractivity contribution in [1.82, 2.24) is 0 Å². The summed E-state index contributed by atoms with van der Waals surface area (Å²) in [7, 11) is 0. The summed E-state index contributed by atoms with van der Waals surface area (Å²) in [6.07, 6.45) is 4.94. The monoisotopic (exact) mass is 242 g/mol. The topological polar surface area (TPSA) is 9.23 Å². The van der Waals surface area contributed by atoms with Crippen molar-refractivity contribution in [2.75, 3.05) is 6.61 Å². The van der Waals surface area contributed by atoms with Crippen LogP contribution in [-0.2, 0) is 5.88 Å². The Labute approximate surface area is 101 Å². The Morgan fingerprint density at radius 1 is 1.31 bits per heavy atom. The lowest BCUT2D eigenvalue weighted by molar-refractivity contribution is 0.240. The Bertz CT molecular complexity index is 348. The van der Waals surface area contributed by atoms with Crippen molar-refractivity contribution in [2.24, 2.45) is 5.92 Å². The standard InChI is InChI=1S/C13H16ClFO/c14-8-11-6-3-7-12(15)13(11)16-9-10-4-1-2-5-10/h3,6-7,10H,1-2,4-5,8-9H2. The van der Waals surface area contributed by atoms with Crippen LogP contribution in [0.4, 0.5) is 4.39 Å². The molecule has 0 unspecified atom stereocenters. The summed E-state index contributed by atoms with van der Waals surface area (Å²) in [4.78, 5) is 0. The highest BCUT2D eigenvalue weighted by Crippen LogP contribution is 2.28. The van der Waals surface area contributed by atoms with E-state index in [1.807, 2.05) is 0 Å². The molecule has 1 fully saturated rings. The highest BCUT2D eigenvalue weighted by atomic mass is 35.5. The van der Waals surface area contributed by atoms with Crippen LogP contribution in [0.5, 0.6) is 5.75 Å². The van der Waals surface area contributed by atoms with E-state index in [1.165, 1.54) is 31.7 Å². The largest absolute Gasteiger partial charge is 0.490 e. The molecule has 3 heteroatoms. The third-order valence-electron chi connectivity index (χ3n) is 3.13. The van der Waals surface area contributed by atoms with Gasteiger partial charge in [-0.05, 0) is 24.8 Å². The third-order valence-corrected chi connectivity index (χ3v) is 3.42. The van der Waals surface area contributed by atoms with E-state index < -0.39 is 0 Å². The fourth-order valence-corrected chi connectivity index (χ4v) is 2.41. The van der Waals surface area contributed by atoms with Gasteiger partial charge in [-0.1, -0.05) is 25.0 Å². The first-order chi connectivity index (χ1) is 7.81. The second-order valence-electron chi connectivity index (χ2n) is 4.32. The van der Waals surface area contributed by atoms with Gasteiger partial charge in [0.2, 0.25) is 0 Å². The van der Waals surface area contributed by atoms with E-state index in [0.717, 1.165) is 5.56 Å². The summed E-state index contributed by atoms with van der Waals surface area (Å²) in [5.41, 5.74) is 0.736. The number of halogens is 2. The Morgan fingerprint density at radius 2 is 2.06 bits per heavy atom. The second kappa shape index (κ2) is 5.53. The van der Waals surface area contributed by atoms with Crippen molar-refractivity contribution in [3.63, 3.8) is 0 Å². The van der Waals surface area contributed by atoms with Gasteiger partial charge in [0.1, 0.15) is 0 Å². The Hall–Kier alpha value is -0.760. The van der Waals surface area contributed by atoms with Crippen molar-refractivity contribution < 1.29 is 9.13 Å². The molecule has 0 bridgehead atoms. The molecule has 1 aromatic carbocycles. The van der Waals surface area contributed by atoms with E-state index in [0.29, 0.717) is 18.3 Å². The fourth-order valence-electron chi connectivity index (χ4n) is 2.20. The average Bonchev–Trinajstić information content (AvgIpc) is 2.80. The maximum Gasteiger partial charge on any atom is 0.165 e. The molecule has 0 atom stereocenters. The van der Waals surface area contributed by atoms with Crippen molar-refractivity contribution in [3.05, 3.63) is 29.6 Å². The number of para-hydroxylation sites is 1. The smallest absolute Gasteiger partial charge is 0.165 e. The van der Waals surface area contributed by atoms with E-state index in [2.05, 4.69) is 0 Å². The molecule has 1 aliphatic rings. The first-order valence-electron chi connectivity index (χ1n) is 5.77. The van der Waals surface area contributed by atoms with Crippen LogP contribution in [0.3, 0.4) is 0 Å². The molecule has 2 rings (SSSR count). The van der Waals surface area contributed by atoms with Gasteiger partial charge in [-0.15, -0.1) is 11.6 Å². The Balaban J connectivity index is 2.01. The summed E-state index contributed by atoms with van der Waals surface area (Å²) in [5, 5.41) is 0. The van der Waals surface area contributed by atoms with Gasteiger partial charge < -0.3 is 4.74 Å². The van der Waals surface area contributed by atoms with Gasteiger partial charge in [0, 0.05) is 5.56 Å². The third kappa shape index (κ3) is 2.67. The van der Waals surface area contributed by atoms with Gasteiger partial charge in [-0.2, -0.15) is 0 Å². The van der Waals surface area contributed by atoms with Crippen molar-refractivity contribution >= 4 is 11.6 Å². The van der Waals surface area contributed by atoms with Crippen LogP contribution in [0.1, 0.15) is 31.2 Å². The molecule has 0 saturated heterocycles. The molecule has 88 valence electrons. The van der Waals surface area contributed by atoms with Crippen molar-refractivity contribution in [3.8, 4) is 5.75 Å². The van der Waals surface area contributed by atoms with Crippen LogP contribution in [-0.4, -0.2) is 6.61 Å². The van der Waals surface area contributed by atoms with Gasteiger partial charge in [0.05, 0.1) is 12.5 Å².